The van der Waals surface area contributed by atoms with Crippen molar-refractivity contribution in [2.24, 2.45) is 0 Å². The van der Waals surface area contributed by atoms with E-state index < -0.39 is 12.0 Å². The maximum absolute atomic E-state index is 12.2. The molecule has 0 aliphatic carbocycles. The fraction of sp³-hybridized carbons (Fsp3) is 0.524. The van der Waals surface area contributed by atoms with Gasteiger partial charge < -0.3 is 10.1 Å². The third kappa shape index (κ3) is 6.45. The number of ether oxygens (including phenoxy) is 1. The minimum absolute atomic E-state index is 0.0850. The van der Waals surface area contributed by atoms with Gasteiger partial charge >= 0.3 is 5.97 Å². The van der Waals surface area contributed by atoms with E-state index in [2.05, 4.69) is 12.2 Å². The Morgan fingerprint density at radius 1 is 1.08 bits per heavy atom. The average molecular weight is 376 g/mol. The number of rotatable bonds is 11. The van der Waals surface area contributed by atoms with Crippen LogP contribution in [0.25, 0.3) is 10.1 Å². The van der Waals surface area contributed by atoms with Crippen LogP contribution in [0.1, 0.15) is 65.2 Å². The predicted octanol–water partition coefficient (Wildman–Crippen LogP) is 5.45. The second kappa shape index (κ2) is 11.0. The van der Waals surface area contributed by atoms with Crippen LogP contribution in [0.2, 0.25) is 0 Å². The summed E-state index contributed by atoms with van der Waals surface area (Å²) >= 11 is 1.54. The van der Waals surface area contributed by atoms with Crippen molar-refractivity contribution in [1.29, 1.82) is 0 Å². The molecule has 2 aromatic rings. The van der Waals surface area contributed by atoms with E-state index in [0.717, 1.165) is 22.9 Å². The van der Waals surface area contributed by atoms with E-state index in [1.54, 1.807) is 6.92 Å². The average Bonchev–Trinajstić information content (AvgIpc) is 3.04. The number of benzene rings is 1. The quantitative estimate of drug-likeness (QED) is 0.419. The summed E-state index contributed by atoms with van der Waals surface area (Å²) in [6.07, 6.45) is 8.64. The lowest BCUT2D eigenvalue weighted by Crippen LogP contribution is -2.40. The van der Waals surface area contributed by atoms with E-state index in [1.807, 2.05) is 29.6 Å². The van der Waals surface area contributed by atoms with Crippen LogP contribution in [-0.4, -0.2) is 17.9 Å². The molecule has 0 fully saturated rings. The molecule has 26 heavy (non-hydrogen) atoms. The molecule has 1 amide bonds. The van der Waals surface area contributed by atoms with Gasteiger partial charge in [-0.15, -0.1) is 11.3 Å². The van der Waals surface area contributed by atoms with Crippen molar-refractivity contribution < 1.29 is 14.3 Å². The molecule has 5 heteroatoms. The summed E-state index contributed by atoms with van der Waals surface area (Å²) in [5.74, 6) is 0.0448. The maximum atomic E-state index is 12.2. The number of hydrogen-bond donors (Lipinski definition) is 1. The summed E-state index contributed by atoms with van der Waals surface area (Å²) in [6.45, 7) is 3.87. The Kier molecular flexibility index (Phi) is 8.62. The second-order valence-electron chi connectivity index (χ2n) is 6.68. The van der Waals surface area contributed by atoms with Gasteiger partial charge in [0.2, 0.25) is 5.91 Å². The summed E-state index contributed by atoms with van der Waals surface area (Å²) in [6, 6.07) is 7.14. The minimum atomic E-state index is -0.647. The molecule has 0 saturated carbocycles. The fourth-order valence-corrected chi connectivity index (χ4v) is 3.71. The number of carbonyl (C=O) groups is 2. The first kappa shape index (κ1) is 20.4. The molecule has 0 aliphatic heterocycles. The highest BCUT2D eigenvalue weighted by molar-refractivity contribution is 7.17. The molecular formula is C21H29NO3S. The molecule has 1 aromatic heterocycles. The van der Waals surface area contributed by atoms with Crippen LogP contribution in [0, 0.1) is 0 Å². The monoisotopic (exact) mass is 375 g/mol. The highest BCUT2D eigenvalue weighted by atomic mass is 32.1. The second-order valence-corrected chi connectivity index (χ2v) is 7.59. The van der Waals surface area contributed by atoms with Gasteiger partial charge in [-0.05, 0) is 25.5 Å². The first-order chi connectivity index (χ1) is 12.6. The van der Waals surface area contributed by atoms with Crippen LogP contribution in [-0.2, 0) is 9.59 Å². The normalized spacial score (nSPS) is 12.1. The highest BCUT2D eigenvalue weighted by Gasteiger charge is 2.19. The van der Waals surface area contributed by atoms with E-state index in [0.29, 0.717) is 12.2 Å². The van der Waals surface area contributed by atoms with E-state index in [9.17, 15) is 9.59 Å². The molecule has 1 heterocycles. The zero-order chi connectivity index (χ0) is 18.8. The Morgan fingerprint density at radius 3 is 2.54 bits per heavy atom. The summed E-state index contributed by atoms with van der Waals surface area (Å²) < 4.78 is 6.54. The van der Waals surface area contributed by atoms with Crippen molar-refractivity contribution in [1.82, 2.24) is 5.32 Å². The zero-order valence-electron chi connectivity index (χ0n) is 15.8. The van der Waals surface area contributed by atoms with Gasteiger partial charge in [-0.2, -0.15) is 0 Å². The molecule has 1 N–H and O–H groups in total. The number of nitrogens with one attached hydrogen (secondary N) is 1. The first-order valence-electron chi connectivity index (χ1n) is 9.59. The largest absolute Gasteiger partial charge is 0.423 e. The predicted molar refractivity (Wildman–Crippen MR) is 108 cm³/mol. The molecule has 0 unspecified atom stereocenters. The zero-order valence-corrected chi connectivity index (χ0v) is 16.6. The number of hydrogen-bond acceptors (Lipinski definition) is 4. The Bertz CT molecular complexity index is 710. The minimum Gasteiger partial charge on any atom is -0.423 e. The van der Waals surface area contributed by atoms with E-state index in [4.69, 9.17) is 4.74 Å². The lowest BCUT2D eigenvalue weighted by Gasteiger charge is -2.13. The van der Waals surface area contributed by atoms with Crippen LogP contribution in [0.15, 0.2) is 29.6 Å². The molecule has 0 bridgehead atoms. The molecule has 1 aromatic carbocycles. The molecule has 1 atom stereocenters. The van der Waals surface area contributed by atoms with Gasteiger partial charge in [-0.1, -0.05) is 57.6 Å². The van der Waals surface area contributed by atoms with Crippen LogP contribution >= 0.6 is 11.3 Å². The molecule has 4 nitrogen and oxygen atoms in total. The molecule has 0 radical (unpaired) electrons. The summed E-state index contributed by atoms with van der Waals surface area (Å²) in [4.78, 5) is 24.2. The van der Waals surface area contributed by atoms with Crippen molar-refractivity contribution in [3.05, 3.63) is 29.6 Å². The van der Waals surface area contributed by atoms with Gasteiger partial charge in [0.25, 0.3) is 0 Å². The molecule has 0 spiro atoms. The molecule has 0 aliphatic rings. The van der Waals surface area contributed by atoms with Crippen molar-refractivity contribution in [3.8, 4) is 5.75 Å². The highest BCUT2D eigenvalue weighted by Crippen LogP contribution is 2.32. The Hall–Kier alpha value is -1.88. The summed E-state index contributed by atoms with van der Waals surface area (Å²) in [7, 11) is 0. The van der Waals surface area contributed by atoms with E-state index >= 15 is 0 Å². The van der Waals surface area contributed by atoms with Crippen molar-refractivity contribution >= 4 is 33.3 Å². The van der Waals surface area contributed by atoms with Crippen molar-refractivity contribution in [2.75, 3.05) is 0 Å². The Labute approximate surface area is 159 Å². The van der Waals surface area contributed by atoms with Crippen LogP contribution in [0.3, 0.4) is 0 Å². The van der Waals surface area contributed by atoms with Crippen molar-refractivity contribution in [3.63, 3.8) is 0 Å². The smallest absolute Gasteiger partial charge is 0.333 e. The number of carbonyl (C=O) groups excluding carboxylic acids is 2. The molecule has 142 valence electrons. The summed E-state index contributed by atoms with van der Waals surface area (Å²) in [5.41, 5.74) is 0. The maximum Gasteiger partial charge on any atom is 0.333 e. The number of esters is 1. The fourth-order valence-electron chi connectivity index (χ4n) is 2.84. The standard InChI is InChI=1S/C21H29NO3S/c1-3-4-5-6-7-8-9-14-20(23)22-16(2)21(24)25-18-15-26-19-13-11-10-12-17(18)19/h10-13,15-16H,3-9,14H2,1-2H3,(H,22,23)/t16-/m0/s1. The molecule has 2 rings (SSSR count). The van der Waals surface area contributed by atoms with E-state index in [-0.39, 0.29) is 5.91 Å². The van der Waals surface area contributed by atoms with Gasteiger partial charge in [-0.3, -0.25) is 4.79 Å². The number of unbranched alkanes of at least 4 members (excludes halogenated alkanes) is 6. The van der Waals surface area contributed by atoms with Gasteiger partial charge in [0, 0.05) is 21.9 Å². The SMILES string of the molecule is CCCCCCCCCC(=O)N[C@@H](C)C(=O)Oc1csc2ccccc12. The topological polar surface area (TPSA) is 55.4 Å². The van der Waals surface area contributed by atoms with Crippen LogP contribution < -0.4 is 10.1 Å². The summed E-state index contributed by atoms with van der Waals surface area (Å²) in [5, 5.41) is 5.49. The van der Waals surface area contributed by atoms with Crippen LogP contribution in [0.4, 0.5) is 0 Å². The van der Waals surface area contributed by atoms with E-state index in [1.165, 1.54) is 43.4 Å². The number of amides is 1. The molecular weight excluding hydrogens is 346 g/mol. The van der Waals surface area contributed by atoms with Gasteiger partial charge in [0.1, 0.15) is 11.8 Å². The lowest BCUT2D eigenvalue weighted by atomic mass is 10.1. The number of thiophene rings is 1. The number of fused-ring (bicyclic) bond motifs is 1. The first-order valence-corrected chi connectivity index (χ1v) is 10.5. The van der Waals surface area contributed by atoms with Gasteiger partial charge in [0.15, 0.2) is 0 Å². The molecule has 0 saturated heterocycles. The Balaban J connectivity index is 1.69. The van der Waals surface area contributed by atoms with Crippen LogP contribution in [0.5, 0.6) is 5.75 Å². The van der Waals surface area contributed by atoms with Crippen molar-refractivity contribution in [2.45, 2.75) is 71.3 Å². The Morgan fingerprint density at radius 2 is 1.77 bits per heavy atom. The van der Waals surface area contributed by atoms with Gasteiger partial charge in [0.05, 0.1) is 0 Å². The third-order valence-corrected chi connectivity index (χ3v) is 5.34. The third-order valence-electron chi connectivity index (χ3n) is 4.39. The van der Waals surface area contributed by atoms with Gasteiger partial charge in [-0.25, -0.2) is 4.79 Å². The lowest BCUT2D eigenvalue weighted by molar-refractivity contribution is -0.138.